The number of hydrogen-bond donors (Lipinski definition) is 2. The Morgan fingerprint density at radius 3 is 2.80 bits per heavy atom. The normalized spacial score (nSPS) is 20.0. The van der Waals surface area contributed by atoms with E-state index in [1.165, 1.54) is 21.7 Å². The highest BCUT2D eigenvalue weighted by Gasteiger charge is 2.46. The largest absolute Gasteiger partial charge is 0.331 e. The van der Waals surface area contributed by atoms with Crippen LogP contribution >= 0.6 is 11.9 Å². The smallest absolute Gasteiger partial charge is 0.325 e. The molecule has 1 saturated heterocycles. The number of rotatable bonds is 4. The van der Waals surface area contributed by atoms with E-state index in [-0.39, 0.29) is 24.4 Å². The third kappa shape index (κ3) is 3.40. The first-order valence-electron chi connectivity index (χ1n) is 8.01. The first kappa shape index (κ1) is 17.5. The van der Waals surface area contributed by atoms with Gasteiger partial charge in [-0.2, -0.15) is 0 Å². The van der Waals surface area contributed by atoms with Gasteiger partial charge >= 0.3 is 6.03 Å². The molecule has 8 heteroatoms. The van der Waals surface area contributed by atoms with Crippen molar-refractivity contribution in [2.45, 2.75) is 32.9 Å². The number of nitrogens with zero attached hydrogens (tertiary/aromatic N) is 2. The Balaban J connectivity index is 1.78. The maximum atomic E-state index is 12.7. The fourth-order valence-corrected chi connectivity index (χ4v) is 3.67. The Labute approximate surface area is 150 Å². The average Bonchev–Trinajstić information content (AvgIpc) is 3.01. The van der Waals surface area contributed by atoms with Gasteiger partial charge in [-0.15, -0.1) is 0 Å². The van der Waals surface area contributed by atoms with Crippen molar-refractivity contribution in [1.29, 1.82) is 0 Å². The highest BCUT2D eigenvalue weighted by atomic mass is 32.2. The van der Waals surface area contributed by atoms with E-state index >= 15 is 0 Å². The van der Waals surface area contributed by atoms with Gasteiger partial charge in [-0.05, 0) is 38.5 Å². The van der Waals surface area contributed by atoms with E-state index in [4.69, 9.17) is 0 Å². The number of benzene rings is 1. The quantitative estimate of drug-likeness (QED) is 0.804. The van der Waals surface area contributed by atoms with E-state index in [0.29, 0.717) is 11.4 Å². The summed E-state index contributed by atoms with van der Waals surface area (Å²) in [6.07, 6.45) is 0. The number of amides is 4. The van der Waals surface area contributed by atoms with Gasteiger partial charge in [0.05, 0.1) is 5.70 Å². The topological polar surface area (TPSA) is 81.8 Å². The van der Waals surface area contributed by atoms with E-state index in [1.807, 2.05) is 25.1 Å². The molecule has 7 nitrogen and oxygen atoms in total. The van der Waals surface area contributed by atoms with Crippen molar-refractivity contribution >= 4 is 35.5 Å². The molecule has 25 heavy (non-hydrogen) atoms. The zero-order chi connectivity index (χ0) is 18.1. The summed E-state index contributed by atoms with van der Waals surface area (Å²) >= 11 is 1.25. The van der Waals surface area contributed by atoms with E-state index in [9.17, 15) is 14.4 Å². The van der Waals surface area contributed by atoms with Gasteiger partial charge in [0.2, 0.25) is 5.91 Å². The van der Waals surface area contributed by atoms with Crippen LogP contribution in [0.3, 0.4) is 0 Å². The van der Waals surface area contributed by atoms with Crippen LogP contribution in [0.25, 0.3) is 0 Å². The fraction of sp³-hybridized carbons (Fsp3) is 0.353. The molecule has 0 spiro atoms. The van der Waals surface area contributed by atoms with Gasteiger partial charge in [-0.3, -0.25) is 19.4 Å². The van der Waals surface area contributed by atoms with Crippen LogP contribution in [0, 0.1) is 6.92 Å². The van der Waals surface area contributed by atoms with E-state index in [0.717, 1.165) is 5.56 Å². The Morgan fingerprint density at radius 2 is 2.12 bits per heavy atom. The number of nitrogens with one attached hydrogen (secondary N) is 2. The molecule has 2 N–H and O–H groups in total. The second-order valence-electron chi connectivity index (χ2n) is 6.30. The highest BCUT2D eigenvalue weighted by molar-refractivity contribution is 8.00. The summed E-state index contributed by atoms with van der Waals surface area (Å²) < 4.78 is 2.98. The Bertz CT molecular complexity index is 762. The summed E-state index contributed by atoms with van der Waals surface area (Å²) in [6.45, 7) is 5.34. The van der Waals surface area contributed by atoms with Crippen LogP contribution in [0.1, 0.15) is 19.4 Å². The second-order valence-corrected chi connectivity index (χ2v) is 7.01. The van der Waals surface area contributed by atoms with Gasteiger partial charge in [0.1, 0.15) is 12.6 Å². The molecule has 1 aromatic carbocycles. The number of carbonyl (C=O) groups excluding carboxylic acids is 3. The van der Waals surface area contributed by atoms with E-state index in [2.05, 4.69) is 10.0 Å². The molecule has 3 rings (SSSR count). The van der Waals surface area contributed by atoms with Crippen molar-refractivity contribution in [3.05, 3.63) is 40.9 Å². The van der Waals surface area contributed by atoms with Crippen LogP contribution in [0.5, 0.6) is 0 Å². The van der Waals surface area contributed by atoms with Crippen molar-refractivity contribution in [2.24, 2.45) is 0 Å². The number of imide groups is 1. The number of aryl methyl sites for hydroxylation is 1. The molecule has 0 saturated carbocycles. The monoisotopic (exact) mass is 360 g/mol. The van der Waals surface area contributed by atoms with Gasteiger partial charge in [-0.1, -0.05) is 24.1 Å². The number of fused-ring (bicyclic) bond motifs is 1. The summed E-state index contributed by atoms with van der Waals surface area (Å²) in [7, 11) is 0. The molecule has 2 aliphatic rings. The minimum Gasteiger partial charge on any atom is -0.325 e. The lowest BCUT2D eigenvalue weighted by molar-refractivity contribution is -0.133. The van der Waals surface area contributed by atoms with Gasteiger partial charge in [0, 0.05) is 17.1 Å². The molecule has 0 aromatic heterocycles. The summed E-state index contributed by atoms with van der Waals surface area (Å²) in [4.78, 5) is 40.2. The predicted molar refractivity (Wildman–Crippen MR) is 96.5 cm³/mol. The zero-order valence-corrected chi connectivity index (χ0v) is 15.1. The summed E-state index contributed by atoms with van der Waals surface area (Å²) in [5.74, 6) is -0.597. The standard InChI is InChI=1S/C17H20N4O3S/c1-10(2)21-16(23)15-13(9-25-19-15)20(17(21)24)8-14(22)18-12-6-4-5-11(3)7-12/h4-7,9-10,15,19H,8H2,1-3H3,(H,18,22). The number of anilines is 1. The Hall–Kier alpha value is -2.32. The van der Waals surface area contributed by atoms with Crippen LogP contribution in [0.2, 0.25) is 0 Å². The fourth-order valence-electron chi connectivity index (χ4n) is 2.86. The maximum Gasteiger partial charge on any atom is 0.331 e. The predicted octanol–water partition coefficient (Wildman–Crippen LogP) is 2.07. The second kappa shape index (κ2) is 6.89. The number of hydrogen-bond acceptors (Lipinski definition) is 5. The molecular weight excluding hydrogens is 340 g/mol. The van der Waals surface area contributed by atoms with Crippen molar-refractivity contribution in [1.82, 2.24) is 14.5 Å². The molecule has 1 unspecified atom stereocenters. The first-order chi connectivity index (χ1) is 11.9. The average molecular weight is 360 g/mol. The lowest BCUT2D eigenvalue weighted by atomic mass is 10.1. The summed E-state index contributed by atoms with van der Waals surface area (Å²) in [5, 5.41) is 4.50. The molecule has 0 bridgehead atoms. The molecule has 2 heterocycles. The molecular formula is C17H20N4O3S. The van der Waals surface area contributed by atoms with Crippen molar-refractivity contribution < 1.29 is 14.4 Å². The molecule has 0 aliphatic carbocycles. The molecule has 2 aliphatic heterocycles. The number of urea groups is 1. The van der Waals surface area contributed by atoms with Crippen LogP contribution in [-0.4, -0.2) is 46.3 Å². The van der Waals surface area contributed by atoms with Gasteiger partial charge in [0.25, 0.3) is 5.91 Å². The Kier molecular flexibility index (Phi) is 4.82. The van der Waals surface area contributed by atoms with Crippen molar-refractivity contribution in [3.63, 3.8) is 0 Å². The molecule has 0 radical (unpaired) electrons. The first-order valence-corrected chi connectivity index (χ1v) is 8.89. The van der Waals surface area contributed by atoms with Gasteiger partial charge < -0.3 is 5.32 Å². The van der Waals surface area contributed by atoms with E-state index in [1.54, 1.807) is 25.3 Å². The van der Waals surface area contributed by atoms with Gasteiger partial charge in [0.15, 0.2) is 0 Å². The van der Waals surface area contributed by atoms with Crippen LogP contribution in [-0.2, 0) is 9.59 Å². The molecule has 132 valence electrons. The van der Waals surface area contributed by atoms with Crippen LogP contribution < -0.4 is 10.0 Å². The lowest BCUT2D eigenvalue weighted by Crippen LogP contribution is -2.62. The zero-order valence-electron chi connectivity index (χ0n) is 14.3. The van der Waals surface area contributed by atoms with Crippen LogP contribution in [0.15, 0.2) is 35.4 Å². The molecule has 4 amide bonds. The number of carbonyl (C=O) groups is 3. The van der Waals surface area contributed by atoms with Crippen molar-refractivity contribution in [3.8, 4) is 0 Å². The van der Waals surface area contributed by atoms with E-state index < -0.39 is 12.1 Å². The highest BCUT2D eigenvalue weighted by Crippen LogP contribution is 2.30. The van der Waals surface area contributed by atoms with Crippen LogP contribution in [0.4, 0.5) is 10.5 Å². The lowest BCUT2D eigenvalue weighted by Gasteiger charge is -2.39. The molecule has 1 fully saturated rings. The third-order valence-electron chi connectivity index (χ3n) is 4.01. The van der Waals surface area contributed by atoms with Gasteiger partial charge in [-0.25, -0.2) is 9.52 Å². The SMILES string of the molecule is Cc1cccc(NC(=O)CN2C(=O)N(C(C)C)C(=O)C3NSC=C32)c1. The molecule has 1 aromatic rings. The van der Waals surface area contributed by atoms with Crippen molar-refractivity contribution in [2.75, 3.05) is 11.9 Å². The minimum absolute atomic E-state index is 0.145. The third-order valence-corrected chi connectivity index (χ3v) is 4.75. The maximum absolute atomic E-state index is 12.7. The summed E-state index contributed by atoms with van der Waals surface area (Å²) in [5.41, 5.74) is 2.23. The minimum atomic E-state index is -0.600. The Morgan fingerprint density at radius 1 is 1.36 bits per heavy atom. The molecule has 1 atom stereocenters. The summed E-state index contributed by atoms with van der Waals surface area (Å²) in [6, 6.07) is 6.09.